The molecule has 3 heterocycles. The lowest BCUT2D eigenvalue weighted by Crippen LogP contribution is -2.45. The molecule has 2 bridgehead atoms. The van der Waals surface area contributed by atoms with Gasteiger partial charge in [0.2, 0.25) is 5.91 Å². The number of amides is 1. The minimum Gasteiger partial charge on any atom is -0.341 e. The van der Waals surface area contributed by atoms with Crippen LogP contribution in [-0.4, -0.2) is 51.9 Å². The third-order valence-corrected chi connectivity index (χ3v) is 5.25. The van der Waals surface area contributed by atoms with E-state index in [1.54, 1.807) is 6.20 Å². The van der Waals surface area contributed by atoms with Crippen LogP contribution in [0.1, 0.15) is 51.6 Å². The van der Waals surface area contributed by atoms with Gasteiger partial charge in [0.25, 0.3) is 0 Å². The molecule has 0 aliphatic carbocycles. The van der Waals surface area contributed by atoms with E-state index >= 15 is 0 Å². The maximum absolute atomic E-state index is 12.9. The number of carbonyl (C=O) groups is 1. The molecule has 0 unspecified atom stereocenters. The average molecular weight is 301 g/mol. The molecule has 0 aromatic carbocycles. The minimum atomic E-state index is -0.148. The Morgan fingerprint density at radius 1 is 1.18 bits per heavy atom. The van der Waals surface area contributed by atoms with Gasteiger partial charge in [-0.05, 0) is 52.2 Å². The van der Waals surface area contributed by atoms with Gasteiger partial charge in [0.15, 0.2) is 0 Å². The molecule has 4 heteroatoms. The van der Waals surface area contributed by atoms with Gasteiger partial charge in [-0.1, -0.05) is 6.07 Å². The van der Waals surface area contributed by atoms with Gasteiger partial charge in [0.05, 0.1) is 11.6 Å². The number of hydrogen-bond donors (Lipinski definition) is 0. The zero-order chi connectivity index (χ0) is 15.7. The molecule has 22 heavy (non-hydrogen) atoms. The van der Waals surface area contributed by atoms with Gasteiger partial charge in [-0.3, -0.25) is 14.7 Å². The molecule has 2 fully saturated rings. The van der Waals surface area contributed by atoms with Crippen molar-refractivity contribution in [2.75, 3.05) is 13.1 Å². The third-order valence-electron chi connectivity index (χ3n) is 5.25. The number of rotatable bonds is 3. The summed E-state index contributed by atoms with van der Waals surface area (Å²) in [4.78, 5) is 21.9. The Labute approximate surface area is 133 Å². The van der Waals surface area contributed by atoms with Gasteiger partial charge in [0.1, 0.15) is 0 Å². The van der Waals surface area contributed by atoms with E-state index in [0.29, 0.717) is 18.1 Å². The van der Waals surface area contributed by atoms with Crippen molar-refractivity contribution in [2.45, 2.75) is 64.1 Å². The lowest BCUT2D eigenvalue weighted by Gasteiger charge is -2.32. The molecular weight excluding hydrogens is 274 g/mol. The second kappa shape index (κ2) is 6.37. The molecular formula is C18H27N3O. The van der Waals surface area contributed by atoms with Crippen molar-refractivity contribution >= 4 is 5.91 Å². The fourth-order valence-electron chi connectivity index (χ4n) is 4.19. The summed E-state index contributed by atoms with van der Waals surface area (Å²) >= 11 is 0. The molecule has 3 rings (SSSR count). The van der Waals surface area contributed by atoms with Crippen LogP contribution in [0, 0.1) is 0 Å². The summed E-state index contributed by atoms with van der Waals surface area (Å²) < 4.78 is 0. The van der Waals surface area contributed by atoms with E-state index in [-0.39, 0.29) is 11.8 Å². The Bertz CT molecular complexity index is 516. The molecule has 1 aromatic heterocycles. The van der Waals surface area contributed by atoms with E-state index < -0.39 is 0 Å². The zero-order valence-electron chi connectivity index (χ0n) is 13.9. The van der Waals surface area contributed by atoms with Gasteiger partial charge in [-0.15, -0.1) is 0 Å². The molecule has 2 aliphatic rings. The highest BCUT2D eigenvalue weighted by Crippen LogP contribution is 2.32. The molecule has 3 atom stereocenters. The van der Waals surface area contributed by atoms with Crippen molar-refractivity contribution in [1.29, 1.82) is 0 Å². The fourth-order valence-corrected chi connectivity index (χ4v) is 4.19. The van der Waals surface area contributed by atoms with Crippen molar-refractivity contribution in [3.05, 3.63) is 30.1 Å². The molecule has 0 spiro atoms. The number of fused-ring (bicyclic) bond motifs is 2. The number of carbonyl (C=O) groups excluding carboxylic acids is 1. The molecule has 1 aromatic rings. The maximum atomic E-state index is 12.9. The molecule has 2 aliphatic heterocycles. The lowest BCUT2D eigenvalue weighted by molar-refractivity contribution is -0.132. The largest absolute Gasteiger partial charge is 0.341 e. The molecule has 0 radical (unpaired) electrons. The van der Waals surface area contributed by atoms with Crippen molar-refractivity contribution in [1.82, 2.24) is 14.8 Å². The minimum absolute atomic E-state index is 0.148. The molecule has 1 amide bonds. The van der Waals surface area contributed by atoms with E-state index in [4.69, 9.17) is 0 Å². The van der Waals surface area contributed by atoms with Crippen LogP contribution in [0.2, 0.25) is 0 Å². The van der Waals surface area contributed by atoms with Crippen LogP contribution in [0.25, 0.3) is 0 Å². The molecule has 0 N–H and O–H groups in total. The number of likely N-dealkylation sites (tertiary alicyclic amines) is 1. The molecule has 2 saturated heterocycles. The van der Waals surface area contributed by atoms with Crippen LogP contribution in [0.5, 0.6) is 0 Å². The van der Waals surface area contributed by atoms with Crippen LogP contribution < -0.4 is 0 Å². The topological polar surface area (TPSA) is 36.4 Å². The van der Waals surface area contributed by atoms with Gasteiger partial charge in [0, 0.05) is 37.4 Å². The summed E-state index contributed by atoms with van der Waals surface area (Å²) in [5.41, 5.74) is 0.877. The highest BCUT2D eigenvalue weighted by Gasteiger charge is 2.40. The first-order chi connectivity index (χ1) is 10.6. The van der Waals surface area contributed by atoms with E-state index in [9.17, 15) is 4.79 Å². The summed E-state index contributed by atoms with van der Waals surface area (Å²) in [6, 6.07) is 7.57. The average Bonchev–Trinajstić information content (AvgIpc) is 2.81. The summed E-state index contributed by atoms with van der Waals surface area (Å²) in [6.45, 7) is 8.30. The Morgan fingerprint density at radius 2 is 1.95 bits per heavy atom. The van der Waals surface area contributed by atoms with Crippen LogP contribution in [0.4, 0.5) is 0 Å². The van der Waals surface area contributed by atoms with Crippen molar-refractivity contribution < 1.29 is 4.79 Å². The summed E-state index contributed by atoms with van der Waals surface area (Å²) in [6.07, 6.45) is 5.39. The molecule has 4 nitrogen and oxygen atoms in total. The smallest absolute Gasteiger partial charge is 0.231 e. The number of nitrogens with zero attached hydrogens (tertiary/aromatic N) is 3. The lowest BCUT2D eigenvalue weighted by atomic mass is 10.0. The van der Waals surface area contributed by atoms with Gasteiger partial charge < -0.3 is 4.90 Å². The Kier molecular flexibility index (Phi) is 4.48. The van der Waals surface area contributed by atoms with Crippen LogP contribution in [0.3, 0.4) is 0 Å². The predicted molar refractivity (Wildman–Crippen MR) is 87.6 cm³/mol. The zero-order valence-corrected chi connectivity index (χ0v) is 13.9. The second-order valence-electron chi connectivity index (χ2n) is 6.98. The molecule has 0 saturated carbocycles. The quantitative estimate of drug-likeness (QED) is 0.861. The van der Waals surface area contributed by atoms with Crippen LogP contribution >= 0.6 is 0 Å². The third kappa shape index (κ3) is 2.89. The van der Waals surface area contributed by atoms with Crippen molar-refractivity contribution in [2.24, 2.45) is 0 Å². The summed E-state index contributed by atoms with van der Waals surface area (Å²) in [5, 5.41) is 0. The Morgan fingerprint density at radius 3 is 2.64 bits per heavy atom. The fraction of sp³-hybridized carbons (Fsp3) is 0.667. The summed E-state index contributed by atoms with van der Waals surface area (Å²) in [7, 11) is 0. The normalized spacial score (nSPS) is 27.0. The highest BCUT2D eigenvalue weighted by atomic mass is 16.2. The number of pyridine rings is 1. The number of hydrogen-bond acceptors (Lipinski definition) is 3. The maximum Gasteiger partial charge on any atom is 0.231 e. The monoisotopic (exact) mass is 301 g/mol. The Balaban J connectivity index is 1.72. The van der Waals surface area contributed by atoms with E-state index in [1.807, 2.05) is 25.1 Å². The SMILES string of the molecule is CC(C)N1[C@@H]2CC[C@H]1CN(C(=O)[C@H](C)c1ccccn1)CC2. The standard InChI is InChI=1S/C18H27N3O/c1-13(2)21-15-7-8-16(21)12-20(11-9-15)18(22)14(3)17-6-4-5-10-19-17/h4-6,10,13-16H,7-9,11-12H2,1-3H3/t14-,15-,16+/m1/s1. The van der Waals surface area contributed by atoms with E-state index in [0.717, 1.165) is 25.2 Å². The second-order valence-corrected chi connectivity index (χ2v) is 6.98. The van der Waals surface area contributed by atoms with Crippen molar-refractivity contribution in [3.8, 4) is 0 Å². The summed E-state index contributed by atoms with van der Waals surface area (Å²) in [5.74, 6) is 0.0836. The van der Waals surface area contributed by atoms with Crippen molar-refractivity contribution in [3.63, 3.8) is 0 Å². The van der Waals surface area contributed by atoms with Gasteiger partial charge in [-0.2, -0.15) is 0 Å². The van der Waals surface area contributed by atoms with E-state index in [1.165, 1.54) is 12.8 Å². The van der Waals surface area contributed by atoms with Crippen LogP contribution in [0.15, 0.2) is 24.4 Å². The first-order valence-corrected chi connectivity index (χ1v) is 8.55. The first-order valence-electron chi connectivity index (χ1n) is 8.55. The highest BCUT2D eigenvalue weighted by molar-refractivity contribution is 5.83. The number of aromatic nitrogens is 1. The van der Waals surface area contributed by atoms with Gasteiger partial charge in [-0.25, -0.2) is 0 Å². The van der Waals surface area contributed by atoms with Gasteiger partial charge >= 0.3 is 0 Å². The Hall–Kier alpha value is -1.42. The first kappa shape index (κ1) is 15.5. The molecule has 120 valence electrons. The van der Waals surface area contributed by atoms with Crippen LogP contribution in [-0.2, 0) is 4.79 Å². The van der Waals surface area contributed by atoms with E-state index in [2.05, 4.69) is 28.6 Å². The predicted octanol–water partition coefficient (Wildman–Crippen LogP) is 2.66.